The average molecular weight is 383 g/mol. The van der Waals surface area contributed by atoms with Gasteiger partial charge < -0.3 is 9.80 Å². The van der Waals surface area contributed by atoms with E-state index in [1.807, 2.05) is 12.1 Å². The zero-order valence-electron chi connectivity index (χ0n) is 16.5. The molecule has 28 heavy (non-hydrogen) atoms. The normalized spacial score (nSPS) is 10.7. The van der Waals surface area contributed by atoms with E-state index in [9.17, 15) is 14.9 Å². The highest BCUT2D eigenvalue weighted by Gasteiger charge is 2.15. The number of rotatable bonds is 8. The van der Waals surface area contributed by atoms with E-state index in [2.05, 4.69) is 29.3 Å². The number of nitro groups is 1. The number of nitrogens with one attached hydrogen (secondary N) is 1. The lowest BCUT2D eigenvalue weighted by atomic mass is 10.2. The Hall–Kier alpha value is -3.42. The Balaban J connectivity index is 2.07. The molecule has 8 heteroatoms. The van der Waals surface area contributed by atoms with Crippen molar-refractivity contribution in [2.24, 2.45) is 5.10 Å². The van der Waals surface area contributed by atoms with Crippen LogP contribution in [0.4, 0.5) is 17.1 Å². The minimum Gasteiger partial charge on any atom is -0.372 e. The summed E-state index contributed by atoms with van der Waals surface area (Å²) in [5.41, 5.74) is 4.99. The predicted octanol–water partition coefficient (Wildman–Crippen LogP) is 3.27. The van der Waals surface area contributed by atoms with E-state index in [4.69, 9.17) is 0 Å². The highest BCUT2D eigenvalue weighted by atomic mass is 16.6. The Morgan fingerprint density at radius 3 is 2.32 bits per heavy atom. The molecule has 0 aromatic heterocycles. The van der Waals surface area contributed by atoms with Crippen LogP contribution in [0.3, 0.4) is 0 Å². The van der Waals surface area contributed by atoms with Crippen LogP contribution >= 0.6 is 0 Å². The highest BCUT2D eigenvalue weighted by molar-refractivity contribution is 5.95. The maximum absolute atomic E-state index is 12.2. The SMILES string of the molecule is CCN(CC)c1ccc(C(=O)N/N=C\c2ccc(N(C)C)c([N+](=O)[O-])c2)cc1. The molecule has 0 aliphatic rings. The Kier molecular flexibility index (Phi) is 7.08. The van der Waals surface area contributed by atoms with Crippen LogP contribution in [-0.4, -0.2) is 44.2 Å². The lowest BCUT2D eigenvalue weighted by Crippen LogP contribution is -2.22. The number of anilines is 2. The second-order valence-corrected chi connectivity index (χ2v) is 6.32. The summed E-state index contributed by atoms with van der Waals surface area (Å²) in [6.07, 6.45) is 1.38. The molecule has 8 nitrogen and oxygen atoms in total. The van der Waals surface area contributed by atoms with Gasteiger partial charge in [-0.3, -0.25) is 14.9 Å². The molecular weight excluding hydrogens is 358 g/mol. The van der Waals surface area contributed by atoms with Crippen molar-refractivity contribution in [1.29, 1.82) is 0 Å². The molecule has 2 rings (SSSR count). The number of hydrogen-bond donors (Lipinski definition) is 1. The van der Waals surface area contributed by atoms with E-state index in [0.717, 1.165) is 18.8 Å². The van der Waals surface area contributed by atoms with Gasteiger partial charge in [0.2, 0.25) is 0 Å². The zero-order valence-corrected chi connectivity index (χ0v) is 16.5. The number of nitrogens with zero attached hydrogens (tertiary/aromatic N) is 4. The Morgan fingerprint density at radius 2 is 1.79 bits per heavy atom. The number of nitro benzene ring substituents is 1. The summed E-state index contributed by atoms with van der Waals surface area (Å²) >= 11 is 0. The zero-order chi connectivity index (χ0) is 20.7. The van der Waals surface area contributed by atoms with Gasteiger partial charge in [0.25, 0.3) is 11.6 Å². The molecule has 0 fully saturated rings. The topological polar surface area (TPSA) is 91.1 Å². The lowest BCUT2D eigenvalue weighted by molar-refractivity contribution is -0.384. The number of benzene rings is 2. The van der Waals surface area contributed by atoms with Crippen molar-refractivity contribution >= 4 is 29.2 Å². The van der Waals surface area contributed by atoms with Gasteiger partial charge in [-0.05, 0) is 44.2 Å². The van der Waals surface area contributed by atoms with Crippen molar-refractivity contribution in [3.8, 4) is 0 Å². The first-order valence-corrected chi connectivity index (χ1v) is 9.01. The molecular formula is C20H25N5O3. The van der Waals surface area contributed by atoms with Crippen LogP contribution in [-0.2, 0) is 0 Å². The predicted molar refractivity (Wildman–Crippen MR) is 112 cm³/mol. The van der Waals surface area contributed by atoms with Gasteiger partial charge in [0, 0.05) is 50.1 Å². The molecule has 0 aliphatic heterocycles. The Bertz CT molecular complexity index is 859. The molecule has 0 unspecified atom stereocenters. The Labute approximate surface area is 164 Å². The minimum absolute atomic E-state index is 0.0210. The molecule has 2 aromatic rings. The number of carbonyl (C=O) groups excluding carboxylic acids is 1. The third kappa shape index (κ3) is 5.06. The smallest absolute Gasteiger partial charge is 0.293 e. The third-order valence-electron chi connectivity index (χ3n) is 4.32. The van der Waals surface area contributed by atoms with Gasteiger partial charge >= 0.3 is 0 Å². The molecule has 0 spiro atoms. The Morgan fingerprint density at radius 1 is 1.14 bits per heavy atom. The highest BCUT2D eigenvalue weighted by Crippen LogP contribution is 2.27. The maximum atomic E-state index is 12.2. The molecule has 0 bridgehead atoms. The molecule has 148 valence electrons. The molecule has 2 aromatic carbocycles. The fourth-order valence-corrected chi connectivity index (χ4v) is 2.79. The first kappa shape index (κ1) is 20.9. The summed E-state index contributed by atoms with van der Waals surface area (Å²) in [7, 11) is 3.48. The number of carbonyl (C=O) groups is 1. The molecule has 0 radical (unpaired) electrons. The molecule has 0 heterocycles. The van der Waals surface area contributed by atoms with Crippen LogP contribution in [0, 0.1) is 10.1 Å². The minimum atomic E-state index is -0.442. The van der Waals surface area contributed by atoms with Crippen LogP contribution in [0.15, 0.2) is 47.6 Å². The van der Waals surface area contributed by atoms with E-state index in [1.165, 1.54) is 12.3 Å². The quantitative estimate of drug-likeness (QED) is 0.429. The van der Waals surface area contributed by atoms with Gasteiger partial charge in [0.1, 0.15) is 5.69 Å². The van der Waals surface area contributed by atoms with Crippen LogP contribution in [0.5, 0.6) is 0 Å². The molecule has 0 saturated carbocycles. The summed E-state index contributed by atoms with van der Waals surface area (Å²) in [4.78, 5) is 26.9. The summed E-state index contributed by atoms with van der Waals surface area (Å²) < 4.78 is 0. The number of amides is 1. The monoisotopic (exact) mass is 383 g/mol. The molecule has 0 saturated heterocycles. The maximum Gasteiger partial charge on any atom is 0.293 e. The van der Waals surface area contributed by atoms with Crippen molar-refractivity contribution in [1.82, 2.24) is 5.43 Å². The van der Waals surface area contributed by atoms with Crippen molar-refractivity contribution in [2.75, 3.05) is 37.0 Å². The summed E-state index contributed by atoms with van der Waals surface area (Å²) in [5.74, 6) is -0.346. The summed E-state index contributed by atoms with van der Waals surface area (Å²) in [6, 6.07) is 12.1. The summed E-state index contributed by atoms with van der Waals surface area (Å²) in [5, 5.41) is 15.1. The van der Waals surface area contributed by atoms with Gasteiger partial charge in [0.05, 0.1) is 11.1 Å². The molecule has 1 N–H and O–H groups in total. The third-order valence-corrected chi connectivity index (χ3v) is 4.32. The van der Waals surface area contributed by atoms with E-state index >= 15 is 0 Å². The van der Waals surface area contributed by atoms with Crippen LogP contribution in [0.2, 0.25) is 0 Å². The van der Waals surface area contributed by atoms with Gasteiger partial charge in [-0.25, -0.2) is 5.43 Å². The van der Waals surface area contributed by atoms with Gasteiger partial charge in [-0.1, -0.05) is 6.07 Å². The first-order chi connectivity index (χ1) is 13.4. The van der Waals surface area contributed by atoms with Crippen LogP contribution < -0.4 is 15.2 Å². The number of hydrazone groups is 1. The average Bonchev–Trinajstić information content (AvgIpc) is 2.69. The fourth-order valence-electron chi connectivity index (χ4n) is 2.79. The fraction of sp³-hybridized carbons (Fsp3) is 0.300. The molecule has 1 amide bonds. The largest absolute Gasteiger partial charge is 0.372 e. The van der Waals surface area contributed by atoms with E-state index in [1.54, 1.807) is 43.3 Å². The molecule has 0 aliphatic carbocycles. The first-order valence-electron chi connectivity index (χ1n) is 9.01. The summed E-state index contributed by atoms with van der Waals surface area (Å²) in [6.45, 7) is 5.94. The van der Waals surface area contributed by atoms with Gasteiger partial charge in [-0.15, -0.1) is 0 Å². The van der Waals surface area contributed by atoms with E-state index < -0.39 is 4.92 Å². The second-order valence-electron chi connectivity index (χ2n) is 6.32. The van der Waals surface area contributed by atoms with Crippen molar-refractivity contribution in [3.05, 3.63) is 63.7 Å². The van der Waals surface area contributed by atoms with Crippen LogP contribution in [0.25, 0.3) is 0 Å². The lowest BCUT2D eigenvalue weighted by Gasteiger charge is -2.20. The second kappa shape index (κ2) is 9.50. The van der Waals surface area contributed by atoms with Crippen molar-refractivity contribution in [2.45, 2.75) is 13.8 Å². The van der Waals surface area contributed by atoms with E-state index in [-0.39, 0.29) is 11.6 Å². The van der Waals surface area contributed by atoms with Gasteiger partial charge in [-0.2, -0.15) is 5.10 Å². The van der Waals surface area contributed by atoms with E-state index in [0.29, 0.717) is 16.8 Å². The van der Waals surface area contributed by atoms with Crippen molar-refractivity contribution < 1.29 is 9.72 Å². The molecule has 0 atom stereocenters. The van der Waals surface area contributed by atoms with Crippen LogP contribution in [0.1, 0.15) is 29.8 Å². The van der Waals surface area contributed by atoms with Gasteiger partial charge in [0.15, 0.2) is 0 Å². The number of hydrogen-bond acceptors (Lipinski definition) is 6. The standard InChI is InChI=1S/C20H25N5O3/c1-5-24(6-2)17-10-8-16(9-11-17)20(26)22-21-14-15-7-12-18(23(3)4)19(13-15)25(27)28/h7-14H,5-6H2,1-4H3,(H,22,26)/b21-14-. The van der Waals surface area contributed by atoms with Crippen molar-refractivity contribution in [3.63, 3.8) is 0 Å².